The van der Waals surface area contributed by atoms with E-state index in [2.05, 4.69) is 11.4 Å². The van der Waals surface area contributed by atoms with Crippen molar-refractivity contribution in [2.24, 2.45) is 7.05 Å². The minimum atomic E-state index is -0.370. The van der Waals surface area contributed by atoms with Crippen molar-refractivity contribution in [2.45, 2.75) is 0 Å². The van der Waals surface area contributed by atoms with E-state index in [4.69, 9.17) is 9.15 Å². The van der Waals surface area contributed by atoms with Gasteiger partial charge in [-0.3, -0.25) is 4.57 Å². The third-order valence-electron chi connectivity index (χ3n) is 3.70. The number of nitrogens with one attached hydrogen (secondary N) is 1. The quantitative estimate of drug-likeness (QED) is 0.744. The predicted octanol–water partition coefficient (Wildman–Crippen LogP) is 2.40. The lowest BCUT2D eigenvalue weighted by Crippen LogP contribution is -2.17. The second-order valence-electron chi connectivity index (χ2n) is 5.00. The van der Waals surface area contributed by atoms with Gasteiger partial charge in [0.15, 0.2) is 5.58 Å². The Labute approximate surface area is 120 Å². The molecule has 0 unspecified atom stereocenters. The van der Waals surface area contributed by atoms with Crippen molar-refractivity contribution in [1.82, 2.24) is 4.57 Å². The predicted molar refractivity (Wildman–Crippen MR) is 79.7 cm³/mol. The van der Waals surface area contributed by atoms with Gasteiger partial charge in [-0.1, -0.05) is 6.07 Å². The number of rotatable bonds is 1. The maximum atomic E-state index is 11.7. The zero-order valence-electron chi connectivity index (χ0n) is 11.5. The van der Waals surface area contributed by atoms with Gasteiger partial charge >= 0.3 is 5.76 Å². The number of aromatic nitrogens is 1. The number of fused-ring (bicyclic) bond motifs is 2. The van der Waals surface area contributed by atoms with Gasteiger partial charge in [-0.25, -0.2) is 4.79 Å². The fourth-order valence-electron chi connectivity index (χ4n) is 2.68. The molecule has 0 aliphatic carbocycles. The van der Waals surface area contributed by atoms with Crippen molar-refractivity contribution in [2.75, 3.05) is 18.5 Å². The molecule has 2 aromatic carbocycles. The van der Waals surface area contributed by atoms with Crippen LogP contribution in [0.25, 0.3) is 22.2 Å². The number of oxazole rings is 1. The number of nitrogens with zero attached hydrogens (tertiary/aromatic N) is 1. The van der Waals surface area contributed by atoms with Crippen LogP contribution in [0.5, 0.6) is 5.75 Å². The van der Waals surface area contributed by atoms with Crippen LogP contribution in [-0.4, -0.2) is 17.7 Å². The first-order valence-electron chi connectivity index (χ1n) is 6.75. The highest BCUT2D eigenvalue weighted by Crippen LogP contribution is 2.34. The Hall–Kier alpha value is -2.69. The highest BCUT2D eigenvalue weighted by molar-refractivity contribution is 5.92. The van der Waals surface area contributed by atoms with E-state index in [1.54, 1.807) is 13.1 Å². The van der Waals surface area contributed by atoms with Crippen LogP contribution >= 0.6 is 0 Å². The second-order valence-corrected chi connectivity index (χ2v) is 5.00. The minimum absolute atomic E-state index is 0.370. The van der Waals surface area contributed by atoms with Crippen LogP contribution in [0.2, 0.25) is 0 Å². The highest BCUT2D eigenvalue weighted by Gasteiger charge is 2.15. The van der Waals surface area contributed by atoms with Gasteiger partial charge in [0.05, 0.1) is 11.2 Å². The number of hydrogen-bond acceptors (Lipinski definition) is 4. The Morgan fingerprint density at radius 3 is 3.14 bits per heavy atom. The first kappa shape index (κ1) is 12.1. The van der Waals surface area contributed by atoms with Crippen molar-refractivity contribution in [3.63, 3.8) is 0 Å². The minimum Gasteiger partial charge on any atom is -0.490 e. The Morgan fingerprint density at radius 1 is 1.33 bits per heavy atom. The average molecular weight is 281 g/mol. The van der Waals surface area contributed by atoms with Gasteiger partial charge in [0.2, 0.25) is 0 Å². The molecule has 2 heterocycles. The van der Waals surface area contributed by atoms with Crippen LogP contribution in [-0.2, 0) is 7.05 Å². The molecule has 5 nitrogen and oxygen atoms in total. The van der Waals surface area contributed by atoms with Crippen LogP contribution in [0.4, 0.5) is 5.69 Å². The summed E-state index contributed by atoms with van der Waals surface area (Å²) in [5.74, 6) is 0.479. The van der Waals surface area contributed by atoms with E-state index in [0.717, 1.165) is 34.6 Å². The molecule has 1 N–H and O–H groups in total. The maximum Gasteiger partial charge on any atom is 0.419 e. The summed E-state index contributed by atoms with van der Waals surface area (Å²) in [4.78, 5) is 11.7. The number of aryl methyl sites for hydroxylation is 1. The Morgan fingerprint density at radius 2 is 2.24 bits per heavy atom. The van der Waals surface area contributed by atoms with Gasteiger partial charge in [0, 0.05) is 19.2 Å². The molecule has 3 aromatic rings. The molecule has 1 aliphatic rings. The summed E-state index contributed by atoms with van der Waals surface area (Å²) in [5, 5.41) is 3.31. The molecule has 4 rings (SSSR count). The fraction of sp³-hybridized carbons (Fsp3) is 0.188. The van der Waals surface area contributed by atoms with Gasteiger partial charge in [0.1, 0.15) is 12.4 Å². The molecule has 0 saturated heterocycles. The molecule has 0 bridgehead atoms. The Balaban J connectivity index is 1.96. The lowest BCUT2D eigenvalue weighted by Gasteiger charge is -2.19. The first-order valence-corrected chi connectivity index (χ1v) is 6.75. The van der Waals surface area contributed by atoms with E-state index in [-0.39, 0.29) is 5.76 Å². The largest absolute Gasteiger partial charge is 0.490 e. The van der Waals surface area contributed by atoms with Crippen molar-refractivity contribution >= 4 is 16.8 Å². The molecule has 1 aliphatic heterocycles. The molecule has 21 heavy (non-hydrogen) atoms. The molecule has 1 radical (unpaired) electrons. The number of hydrogen-bond donors (Lipinski definition) is 1. The molecule has 0 saturated carbocycles. The van der Waals surface area contributed by atoms with E-state index >= 15 is 0 Å². The molecule has 0 spiro atoms. The summed E-state index contributed by atoms with van der Waals surface area (Å²) in [6.07, 6.45) is 0. The maximum absolute atomic E-state index is 11.7. The van der Waals surface area contributed by atoms with E-state index in [9.17, 15) is 4.79 Å². The summed E-state index contributed by atoms with van der Waals surface area (Å²) in [7, 11) is 1.71. The molecule has 0 amide bonds. The lowest BCUT2D eigenvalue weighted by molar-refractivity contribution is 0.323. The first-order chi connectivity index (χ1) is 10.2. The normalized spacial score (nSPS) is 13.6. The molecule has 0 atom stereocenters. The van der Waals surface area contributed by atoms with Crippen molar-refractivity contribution in [1.29, 1.82) is 0 Å². The van der Waals surface area contributed by atoms with E-state index < -0.39 is 0 Å². The molecular weight excluding hydrogens is 268 g/mol. The van der Waals surface area contributed by atoms with Gasteiger partial charge in [-0.2, -0.15) is 0 Å². The Kier molecular flexibility index (Phi) is 2.54. The van der Waals surface area contributed by atoms with Gasteiger partial charge < -0.3 is 14.5 Å². The average Bonchev–Trinajstić information content (AvgIpc) is 2.82. The molecule has 1 aromatic heterocycles. The lowest BCUT2D eigenvalue weighted by atomic mass is 10.0. The molecule has 105 valence electrons. The van der Waals surface area contributed by atoms with Crippen LogP contribution in [0.1, 0.15) is 0 Å². The van der Waals surface area contributed by atoms with E-state index in [1.165, 1.54) is 4.57 Å². The molecular formula is C16H13N2O3. The fourth-order valence-corrected chi connectivity index (χ4v) is 2.68. The molecule has 0 fully saturated rings. The zero-order valence-corrected chi connectivity index (χ0v) is 11.5. The number of ether oxygens (including phenoxy) is 1. The Bertz CT molecular complexity index is 892. The van der Waals surface area contributed by atoms with Crippen molar-refractivity contribution < 1.29 is 9.15 Å². The smallest absolute Gasteiger partial charge is 0.419 e. The van der Waals surface area contributed by atoms with E-state index in [1.807, 2.05) is 24.3 Å². The van der Waals surface area contributed by atoms with Crippen LogP contribution in [0.3, 0.4) is 0 Å². The van der Waals surface area contributed by atoms with E-state index in [0.29, 0.717) is 12.2 Å². The summed E-state index contributed by atoms with van der Waals surface area (Å²) in [5.41, 5.74) is 4.18. The monoisotopic (exact) mass is 281 g/mol. The third kappa shape index (κ3) is 1.81. The summed E-state index contributed by atoms with van der Waals surface area (Å²) >= 11 is 0. The van der Waals surface area contributed by atoms with Crippen LogP contribution < -0.4 is 15.8 Å². The van der Waals surface area contributed by atoms with Crippen molar-refractivity contribution in [3.8, 4) is 16.9 Å². The second kappa shape index (κ2) is 4.41. The topological polar surface area (TPSA) is 56.4 Å². The van der Waals surface area contributed by atoms with Crippen LogP contribution in [0.15, 0.2) is 39.5 Å². The summed E-state index contributed by atoms with van der Waals surface area (Å²) < 4.78 is 12.3. The SMILES string of the molecule is Cn1c(=O)oc2c[c]cc(-c3ccc4c(c3)NCCO4)c21. The van der Waals surface area contributed by atoms with Gasteiger partial charge in [0.25, 0.3) is 0 Å². The van der Waals surface area contributed by atoms with Crippen molar-refractivity contribution in [3.05, 3.63) is 46.9 Å². The molecule has 5 heteroatoms. The summed E-state index contributed by atoms with van der Waals surface area (Å²) in [6.45, 7) is 1.46. The standard InChI is InChI=1S/C16H13N2O3/c1-18-15-11(3-2-4-14(15)21-16(18)19)10-5-6-13-12(9-10)17-7-8-20-13/h3-6,9,17H,7-8H2,1H3. The zero-order chi connectivity index (χ0) is 14.4. The highest BCUT2D eigenvalue weighted by atomic mass is 16.5. The van der Waals surface area contributed by atoms with Gasteiger partial charge in [-0.05, 0) is 35.9 Å². The van der Waals surface area contributed by atoms with Crippen LogP contribution in [0, 0.1) is 6.07 Å². The number of anilines is 1. The summed E-state index contributed by atoms with van der Waals surface area (Å²) in [6, 6.07) is 12.5. The third-order valence-corrected chi connectivity index (χ3v) is 3.70. The van der Waals surface area contributed by atoms with Gasteiger partial charge in [-0.15, -0.1) is 0 Å². The number of benzene rings is 2.